The van der Waals surface area contributed by atoms with Gasteiger partial charge < -0.3 is 128 Å². The fraction of sp³-hybridized carbons (Fsp3) is 0.405. The Morgan fingerprint density at radius 2 is 0.578 bits per heavy atom. The number of fused-ring (bicyclic) bond motifs is 8. The Hall–Kier alpha value is -7.96. The van der Waals surface area contributed by atoms with Crippen molar-refractivity contribution >= 4 is 46.4 Å². The van der Waals surface area contributed by atoms with Gasteiger partial charge >= 0.3 is 0 Å². The van der Waals surface area contributed by atoms with Crippen molar-refractivity contribution in [1.29, 1.82) is 0 Å². The minimum absolute atomic E-state index is 0.00631. The summed E-state index contributed by atoms with van der Waals surface area (Å²) in [5.74, 6) is 1.72. The van der Waals surface area contributed by atoms with Gasteiger partial charge in [0.05, 0.1) is 102 Å². The van der Waals surface area contributed by atoms with Crippen LogP contribution in [0.25, 0.3) is 90.9 Å². The number of ether oxygens (including phenoxy) is 12. The maximum Gasteiger partial charge on any atom is 0.186 e. The van der Waals surface area contributed by atoms with Gasteiger partial charge in [0.25, 0.3) is 0 Å². The molecule has 0 radical (unpaired) electrons. The average Bonchev–Trinajstić information content (AvgIpc) is 1.61. The van der Waals surface area contributed by atoms with Crippen molar-refractivity contribution in [1.82, 2.24) is 19.9 Å². The molecule has 8 bridgehead atoms. The zero-order valence-corrected chi connectivity index (χ0v) is 55.4. The van der Waals surface area contributed by atoms with Crippen LogP contribution in [0, 0.1) is 0 Å². The van der Waals surface area contributed by atoms with Crippen molar-refractivity contribution in [3.05, 3.63) is 150 Å². The number of aliphatic hydroxyl groups is 12. The van der Waals surface area contributed by atoms with E-state index >= 15 is 0 Å². The van der Waals surface area contributed by atoms with E-state index in [1.807, 2.05) is 152 Å². The number of aromatic amines is 2. The van der Waals surface area contributed by atoms with Gasteiger partial charge in [0.2, 0.25) is 0 Å². The van der Waals surface area contributed by atoms with Gasteiger partial charge in [0, 0.05) is 44.3 Å². The fourth-order valence-electron chi connectivity index (χ4n) is 12.4. The number of rotatable bonds is 31. The number of aliphatic hydroxyl groups excluding tert-OH is 12. The maximum atomic E-state index is 10.3. The molecule has 28 heteroatoms. The van der Waals surface area contributed by atoms with Gasteiger partial charge in [-0.3, -0.25) is 0 Å². The van der Waals surface area contributed by atoms with Crippen LogP contribution in [0.15, 0.2) is 127 Å². The molecule has 0 amide bonds. The lowest BCUT2D eigenvalue weighted by Crippen LogP contribution is -2.59. The van der Waals surface area contributed by atoms with E-state index in [0.717, 1.165) is 66.6 Å². The van der Waals surface area contributed by atoms with Gasteiger partial charge in [-0.15, -0.1) is 0 Å². The third-order valence-corrected chi connectivity index (χ3v) is 17.8. The first kappa shape index (κ1) is 73.8. The molecule has 28 nitrogen and oxygen atoms in total. The van der Waals surface area contributed by atoms with E-state index < -0.39 is 112 Å². The van der Waals surface area contributed by atoms with Gasteiger partial charge in [0.1, 0.15) is 110 Å². The molecule has 3 aromatic heterocycles. The standard InChI is InChI=1S/C74H84N4O24/c79-38-56-63(82)66(85)69(88)72(100-56)97-35-29-91-26-32-94-45-12-6-42(7-13-45)60-50-20-18-48(75-50)59(41-4-2-1-3-5-41)49-19-21-51(76-49)61(43-8-14-46(15-9-43)95-33-27-92-30-36-98-73-70(89)67(86)64(83)57(39-80)101-73)53-23-25-55(78-53)62(54-24-22-52(60)77-54)44-10-16-47(17-11-44)96-34-28-93-31-37-99-74-71(90)68(87)65(84)58(40-81)102-74/h1-25,56-58,63-75,77,79-90H,26-40H2/t56-,57-,58-,63+,64+,65+,66-,67-,68-,69-,70-,71-,72+,73+,74+/m1/s1. The molecule has 14 N–H and O–H groups in total. The lowest BCUT2D eigenvalue weighted by atomic mass is 9.99. The van der Waals surface area contributed by atoms with E-state index in [1.54, 1.807) is 0 Å². The predicted octanol–water partition coefficient (Wildman–Crippen LogP) is 2.96. The Morgan fingerprint density at radius 1 is 0.294 bits per heavy atom. The van der Waals surface area contributed by atoms with Crippen molar-refractivity contribution < 1.29 is 118 Å². The Morgan fingerprint density at radius 3 is 0.912 bits per heavy atom. The molecular weight excluding hydrogens is 1330 g/mol. The molecule has 3 saturated heterocycles. The van der Waals surface area contributed by atoms with Crippen LogP contribution in [0.5, 0.6) is 17.2 Å². The number of nitrogens with zero attached hydrogens (tertiary/aromatic N) is 2. The molecule has 4 aromatic carbocycles. The number of hydrogen-bond donors (Lipinski definition) is 14. The number of nitrogens with one attached hydrogen (secondary N) is 2. The molecule has 8 heterocycles. The van der Waals surface area contributed by atoms with Crippen LogP contribution in [0.1, 0.15) is 22.8 Å². The molecule has 0 unspecified atom stereocenters. The third-order valence-electron chi connectivity index (χ3n) is 17.8. The summed E-state index contributed by atoms with van der Waals surface area (Å²) in [7, 11) is 0. The van der Waals surface area contributed by atoms with Crippen LogP contribution in [0.2, 0.25) is 0 Å². The minimum Gasteiger partial charge on any atom is -0.491 e. The molecule has 3 fully saturated rings. The molecule has 12 rings (SSSR count). The zero-order chi connectivity index (χ0) is 71.2. The lowest BCUT2D eigenvalue weighted by molar-refractivity contribution is -0.302. The van der Waals surface area contributed by atoms with Crippen LogP contribution in [-0.2, 0) is 42.6 Å². The SMILES string of the molecule is OC[C@H]1O[C@H](OCCOCCOc2ccc(-c3c4nc(c(-c5ccccc5)c5ccc([nH]5)c(-c5ccc(OCCOCCO[C@H]6O[C@H](CO)[C@H](O)[C@@H](O)[C@H]6O)cc5)c5ccc([nH]5)c(-c5ccc(OCCOCCO[C@H]6O[C@H](CO)[C@H](O)[C@@H](O)[C@H]6O)cc5)c5nc3C=C5)C=C4)cc2)[C@H](O)[C@H](O)[C@H]1O. The molecule has 544 valence electrons. The van der Waals surface area contributed by atoms with E-state index in [2.05, 4.69) is 9.97 Å². The average molecular weight is 1410 g/mol. The van der Waals surface area contributed by atoms with Crippen molar-refractivity contribution in [3.63, 3.8) is 0 Å². The van der Waals surface area contributed by atoms with E-state index in [4.69, 9.17) is 66.8 Å². The quantitative estimate of drug-likeness (QED) is 0.0278. The Labute approximate surface area is 585 Å². The molecular formula is C74H84N4O24. The highest BCUT2D eigenvalue weighted by Crippen LogP contribution is 2.40. The Bertz CT molecular complexity index is 4080. The maximum absolute atomic E-state index is 10.3. The van der Waals surface area contributed by atoms with Crippen molar-refractivity contribution in [2.45, 2.75) is 92.1 Å². The van der Waals surface area contributed by atoms with Crippen LogP contribution < -0.4 is 14.2 Å². The summed E-state index contributed by atoms with van der Waals surface area (Å²) < 4.78 is 68.4. The number of H-pyrrole nitrogens is 2. The second-order valence-electron chi connectivity index (χ2n) is 24.5. The van der Waals surface area contributed by atoms with Crippen molar-refractivity contribution in [2.24, 2.45) is 0 Å². The summed E-state index contributed by atoms with van der Waals surface area (Å²) in [5.41, 5.74) is 12.4. The number of hydrogen-bond acceptors (Lipinski definition) is 26. The van der Waals surface area contributed by atoms with E-state index in [0.29, 0.717) is 40.0 Å². The second-order valence-corrected chi connectivity index (χ2v) is 24.5. The van der Waals surface area contributed by atoms with Gasteiger partial charge in [-0.05, 0) is 107 Å². The highest BCUT2D eigenvalue weighted by atomic mass is 16.7. The lowest BCUT2D eigenvalue weighted by Gasteiger charge is -2.39. The summed E-state index contributed by atoms with van der Waals surface area (Å²) in [6.07, 6.45) is -12.9. The van der Waals surface area contributed by atoms with Gasteiger partial charge in [-0.2, -0.15) is 0 Å². The molecule has 5 aliphatic heterocycles. The summed E-state index contributed by atoms with van der Waals surface area (Å²) in [4.78, 5) is 18.4. The van der Waals surface area contributed by atoms with Gasteiger partial charge in [-0.1, -0.05) is 66.7 Å². The Balaban J connectivity index is 0.817. The van der Waals surface area contributed by atoms with Crippen LogP contribution in [0.4, 0.5) is 0 Å². The van der Waals surface area contributed by atoms with E-state index in [-0.39, 0.29) is 79.3 Å². The van der Waals surface area contributed by atoms with Crippen molar-refractivity contribution in [3.8, 4) is 61.8 Å². The number of benzene rings is 4. The first-order valence-corrected chi connectivity index (χ1v) is 33.6. The van der Waals surface area contributed by atoms with Crippen LogP contribution >= 0.6 is 0 Å². The third kappa shape index (κ3) is 17.3. The summed E-state index contributed by atoms with van der Waals surface area (Å²) >= 11 is 0. The first-order valence-electron chi connectivity index (χ1n) is 33.6. The minimum atomic E-state index is -1.56. The van der Waals surface area contributed by atoms with Gasteiger partial charge in [-0.25, -0.2) is 9.97 Å². The normalized spacial score (nSPS) is 25.6. The largest absolute Gasteiger partial charge is 0.491 e. The molecule has 0 aliphatic carbocycles. The second kappa shape index (κ2) is 35.0. The molecule has 0 spiro atoms. The van der Waals surface area contributed by atoms with Gasteiger partial charge in [0.15, 0.2) is 18.9 Å². The molecule has 7 aromatic rings. The molecule has 5 aliphatic rings. The van der Waals surface area contributed by atoms with E-state index in [1.165, 1.54) is 0 Å². The zero-order valence-electron chi connectivity index (χ0n) is 55.4. The molecule has 15 atom stereocenters. The highest BCUT2D eigenvalue weighted by molar-refractivity contribution is 6.00. The molecule has 0 saturated carbocycles. The number of aromatic nitrogens is 4. The molecule has 102 heavy (non-hydrogen) atoms. The van der Waals surface area contributed by atoms with E-state index in [9.17, 15) is 61.3 Å². The van der Waals surface area contributed by atoms with Crippen LogP contribution in [0.3, 0.4) is 0 Å². The Kier molecular flexibility index (Phi) is 25.3. The smallest absolute Gasteiger partial charge is 0.186 e. The summed E-state index contributed by atoms with van der Waals surface area (Å²) in [6, 6.07) is 41.2. The summed E-state index contributed by atoms with van der Waals surface area (Å²) in [6.45, 7) is -0.327. The van der Waals surface area contributed by atoms with Crippen molar-refractivity contribution in [2.75, 3.05) is 99.1 Å². The fourth-order valence-corrected chi connectivity index (χ4v) is 12.4. The predicted molar refractivity (Wildman–Crippen MR) is 369 cm³/mol. The summed E-state index contributed by atoms with van der Waals surface area (Å²) in [5, 5.41) is 120. The highest BCUT2D eigenvalue weighted by Gasteiger charge is 2.46. The monoisotopic (exact) mass is 1410 g/mol. The topological polar surface area (TPSA) is 411 Å². The first-order chi connectivity index (χ1) is 49.7. The van der Waals surface area contributed by atoms with Crippen LogP contribution in [-0.4, -0.2) is 272 Å².